The van der Waals surface area contributed by atoms with Gasteiger partial charge in [0.2, 0.25) is 11.7 Å². The number of rotatable bonds is 11. The second kappa shape index (κ2) is 10.6. The number of ketones is 1. The summed E-state index contributed by atoms with van der Waals surface area (Å²) >= 11 is 0. The zero-order valence-electron chi connectivity index (χ0n) is 19.9. The molecule has 0 fully saturated rings. The maximum atomic E-state index is 13.3. The smallest absolute Gasteiger partial charge is 0.239 e. The standard InChI is InChI=1S/C25H32N2O6/c1-6-14-32-18-11-9-17(15-20(18)31-5)22-21(23(28)19-10-8-16(2)33-19)24(29)25(30)27(22)13-7-12-26(3)4/h8-11,15,22,29H,6-7,12-14H2,1-5H3. The minimum Gasteiger partial charge on any atom is -0.868 e. The number of carbonyl (C=O) groups is 2. The van der Waals surface area contributed by atoms with E-state index in [1.54, 1.807) is 31.2 Å². The summed E-state index contributed by atoms with van der Waals surface area (Å²) in [5, 5.41) is 13.0. The SMILES string of the molecule is CCCOc1ccc(C2C(C(=O)c3ccc(C)o3)=C([O-])C(=O)N2CCC[NH+](C)C)cc1OC. The number of Topliss-reactive ketones (excluding diaryl/α,β-unsaturated/α-hetero) is 1. The Labute approximate surface area is 194 Å². The molecule has 8 nitrogen and oxygen atoms in total. The lowest BCUT2D eigenvalue weighted by Gasteiger charge is -2.28. The van der Waals surface area contributed by atoms with Crippen LogP contribution in [0, 0.1) is 6.92 Å². The van der Waals surface area contributed by atoms with Gasteiger partial charge in [-0.2, -0.15) is 0 Å². The molecular formula is C25H32N2O6. The van der Waals surface area contributed by atoms with Crippen molar-refractivity contribution in [3.8, 4) is 11.5 Å². The van der Waals surface area contributed by atoms with Crippen molar-refractivity contribution in [2.75, 3.05) is 40.9 Å². The summed E-state index contributed by atoms with van der Waals surface area (Å²) in [6.07, 6.45) is 1.53. The molecule has 1 aromatic carbocycles. The van der Waals surface area contributed by atoms with Crippen LogP contribution in [0.5, 0.6) is 11.5 Å². The molecule has 1 aliphatic rings. The maximum Gasteiger partial charge on any atom is 0.239 e. The van der Waals surface area contributed by atoms with E-state index in [1.807, 2.05) is 21.0 Å². The molecule has 0 radical (unpaired) electrons. The summed E-state index contributed by atoms with van der Waals surface area (Å²) in [5.41, 5.74) is 0.509. The van der Waals surface area contributed by atoms with E-state index in [1.165, 1.54) is 23.0 Å². The van der Waals surface area contributed by atoms with Crippen molar-refractivity contribution < 1.29 is 33.5 Å². The van der Waals surface area contributed by atoms with Gasteiger partial charge in [0.15, 0.2) is 17.3 Å². The Morgan fingerprint density at radius 2 is 1.97 bits per heavy atom. The average molecular weight is 457 g/mol. The molecule has 1 amide bonds. The number of quaternary nitrogens is 1. The summed E-state index contributed by atoms with van der Waals surface area (Å²) < 4.78 is 16.7. The van der Waals surface area contributed by atoms with Crippen molar-refractivity contribution in [3.63, 3.8) is 0 Å². The quantitative estimate of drug-likeness (QED) is 0.512. The number of furan rings is 1. The Hall–Kier alpha value is -3.26. The molecule has 0 aliphatic carbocycles. The van der Waals surface area contributed by atoms with Gasteiger partial charge >= 0.3 is 0 Å². The first-order chi connectivity index (χ1) is 15.8. The van der Waals surface area contributed by atoms with Gasteiger partial charge < -0.3 is 28.8 Å². The highest BCUT2D eigenvalue weighted by Gasteiger charge is 2.40. The summed E-state index contributed by atoms with van der Waals surface area (Å²) in [5.74, 6) is -0.396. The van der Waals surface area contributed by atoms with E-state index in [-0.39, 0.29) is 11.3 Å². The molecule has 0 spiro atoms. The molecular weight excluding hydrogens is 424 g/mol. The fraction of sp³-hybridized carbons (Fsp3) is 0.440. The van der Waals surface area contributed by atoms with Crippen LogP contribution in [0.4, 0.5) is 0 Å². The van der Waals surface area contributed by atoms with Crippen molar-refractivity contribution in [2.45, 2.75) is 32.7 Å². The third-order valence-electron chi connectivity index (χ3n) is 5.53. The van der Waals surface area contributed by atoms with E-state index < -0.39 is 23.5 Å². The van der Waals surface area contributed by atoms with Crippen LogP contribution in [0.3, 0.4) is 0 Å². The lowest BCUT2D eigenvalue weighted by Crippen LogP contribution is -3.05. The van der Waals surface area contributed by atoms with E-state index in [9.17, 15) is 14.7 Å². The Kier molecular flexibility index (Phi) is 7.81. The fourth-order valence-electron chi connectivity index (χ4n) is 3.93. The normalized spacial score (nSPS) is 16.1. The molecule has 2 heterocycles. The first kappa shape index (κ1) is 24.4. The molecule has 2 aromatic rings. The van der Waals surface area contributed by atoms with Gasteiger partial charge in [0, 0.05) is 18.5 Å². The van der Waals surface area contributed by atoms with Gasteiger partial charge in [-0.3, -0.25) is 9.59 Å². The van der Waals surface area contributed by atoms with Crippen molar-refractivity contribution >= 4 is 11.7 Å². The van der Waals surface area contributed by atoms with E-state index in [4.69, 9.17) is 13.9 Å². The molecule has 1 aromatic heterocycles. The van der Waals surface area contributed by atoms with E-state index in [2.05, 4.69) is 0 Å². The highest BCUT2D eigenvalue weighted by Crippen LogP contribution is 2.41. The average Bonchev–Trinajstić information content (AvgIpc) is 3.33. The minimum atomic E-state index is -0.825. The highest BCUT2D eigenvalue weighted by atomic mass is 16.5. The zero-order valence-corrected chi connectivity index (χ0v) is 19.9. The molecule has 33 heavy (non-hydrogen) atoms. The van der Waals surface area contributed by atoms with Gasteiger partial charge in [-0.1, -0.05) is 13.0 Å². The van der Waals surface area contributed by atoms with Crippen LogP contribution in [0.25, 0.3) is 0 Å². The van der Waals surface area contributed by atoms with Gasteiger partial charge in [-0.05, 0) is 48.9 Å². The van der Waals surface area contributed by atoms with Crippen LogP contribution < -0.4 is 19.5 Å². The van der Waals surface area contributed by atoms with Crippen LogP contribution in [0.2, 0.25) is 0 Å². The second-order valence-corrected chi connectivity index (χ2v) is 8.45. The van der Waals surface area contributed by atoms with Gasteiger partial charge in [-0.25, -0.2) is 0 Å². The third kappa shape index (κ3) is 5.22. The van der Waals surface area contributed by atoms with Crippen molar-refractivity contribution in [1.29, 1.82) is 0 Å². The molecule has 1 N–H and O–H groups in total. The second-order valence-electron chi connectivity index (χ2n) is 8.45. The number of hydrogen-bond donors (Lipinski definition) is 1. The monoisotopic (exact) mass is 456 g/mol. The predicted molar refractivity (Wildman–Crippen MR) is 120 cm³/mol. The Morgan fingerprint density at radius 3 is 2.58 bits per heavy atom. The van der Waals surface area contributed by atoms with Gasteiger partial charge in [-0.15, -0.1) is 0 Å². The summed E-state index contributed by atoms with van der Waals surface area (Å²) in [4.78, 5) is 29.0. The number of carbonyl (C=O) groups excluding carboxylic acids is 2. The first-order valence-corrected chi connectivity index (χ1v) is 11.2. The van der Waals surface area contributed by atoms with Crippen molar-refractivity contribution in [3.05, 3.63) is 58.7 Å². The molecule has 8 heteroatoms. The fourth-order valence-corrected chi connectivity index (χ4v) is 3.93. The van der Waals surface area contributed by atoms with Gasteiger partial charge in [0.1, 0.15) is 5.76 Å². The summed E-state index contributed by atoms with van der Waals surface area (Å²) in [6.45, 7) is 5.43. The van der Waals surface area contributed by atoms with E-state index in [0.717, 1.165) is 13.0 Å². The molecule has 1 atom stereocenters. The van der Waals surface area contributed by atoms with Crippen LogP contribution in [-0.2, 0) is 4.79 Å². The molecule has 3 rings (SSSR count). The van der Waals surface area contributed by atoms with Crippen LogP contribution >= 0.6 is 0 Å². The van der Waals surface area contributed by atoms with Crippen molar-refractivity contribution in [2.24, 2.45) is 0 Å². The molecule has 0 saturated carbocycles. The molecule has 1 aliphatic heterocycles. The zero-order chi connectivity index (χ0) is 24.1. The maximum absolute atomic E-state index is 13.3. The molecule has 0 saturated heterocycles. The summed E-state index contributed by atoms with van der Waals surface area (Å²) in [6, 6.07) is 7.61. The summed E-state index contributed by atoms with van der Waals surface area (Å²) in [7, 11) is 5.57. The number of aryl methyl sites for hydroxylation is 1. The third-order valence-corrected chi connectivity index (χ3v) is 5.53. The predicted octanol–water partition coefficient (Wildman–Crippen LogP) is 1.30. The number of methoxy groups -OCH3 is 1. The lowest BCUT2D eigenvalue weighted by molar-refractivity contribution is -0.858. The van der Waals surface area contributed by atoms with Crippen LogP contribution in [0.1, 0.15) is 47.7 Å². The highest BCUT2D eigenvalue weighted by molar-refractivity contribution is 6.14. The number of benzene rings is 1. The number of nitrogens with zero attached hydrogens (tertiary/aromatic N) is 1. The van der Waals surface area contributed by atoms with E-state index in [0.29, 0.717) is 42.4 Å². The molecule has 178 valence electrons. The number of ether oxygens (including phenoxy) is 2. The molecule has 0 bridgehead atoms. The minimum absolute atomic E-state index is 0.0445. The van der Waals surface area contributed by atoms with Gasteiger partial charge in [0.05, 0.1) is 40.4 Å². The van der Waals surface area contributed by atoms with E-state index >= 15 is 0 Å². The van der Waals surface area contributed by atoms with Gasteiger partial charge in [0.25, 0.3) is 0 Å². The molecule has 1 unspecified atom stereocenters. The largest absolute Gasteiger partial charge is 0.868 e. The number of hydrogen-bond acceptors (Lipinski definition) is 6. The van der Waals surface area contributed by atoms with Crippen molar-refractivity contribution in [1.82, 2.24) is 4.90 Å². The van der Waals surface area contributed by atoms with Crippen LogP contribution in [-0.4, -0.2) is 57.5 Å². The number of nitrogens with one attached hydrogen (secondary N) is 1. The Balaban J connectivity index is 2.04. The lowest BCUT2D eigenvalue weighted by atomic mass is 9.94. The Morgan fingerprint density at radius 1 is 1.21 bits per heavy atom. The van der Waals surface area contributed by atoms with Crippen LogP contribution in [0.15, 0.2) is 46.1 Å². The Bertz CT molecular complexity index is 1040. The topological polar surface area (TPSA) is 96.5 Å². The number of amides is 1. The first-order valence-electron chi connectivity index (χ1n) is 11.2.